The minimum atomic E-state index is -0.487. The number of likely N-dealkylation sites (N-methyl/N-ethyl adjacent to an activating group) is 1. The number of hydrogen-bond donors (Lipinski definition) is 0. The highest BCUT2D eigenvalue weighted by Crippen LogP contribution is 2.13. The van der Waals surface area contributed by atoms with Gasteiger partial charge in [0.05, 0.1) is 13.2 Å². The smallest absolute Gasteiger partial charge is 0.410 e. The minimum Gasteiger partial charge on any atom is -0.444 e. The first-order chi connectivity index (χ1) is 9.65. The van der Waals surface area contributed by atoms with Crippen molar-refractivity contribution in [2.45, 2.75) is 39.3 Å². The Labute approximate surface area is 126 Å². The second-order valence-corrected chi connectivity index (χ2v) is 6.20. The van der Waals surface area contributed by atoms with Gasteiger partial charge in [-0.1, -0.05) is 0 Å². The third kappa shape index (κ3) is 5.17. The maximum atomic E-state index is 12.0. The Morgan fingerprint density at radius 2 is 1.67 bits per heavy atom. The molecule has 0 saturated carbocycles. The van der Waals surface area contributed by atoms with Crippen LogP contribution in [0.15, 0.2) is 0 Å². The maximum Gasteiger partial charge on any atom is 0.410 e. The summed E-state index contributed by atoms with van der Waals surface area (Å²) in [6.07, 6.45) is -0.296. The molecule has 0 spiro atoms. The first kappa shape index (κ1) is 17.7. The van der Waals surface area contributed by atoms with E-state index in [1.54, 1.807) is 11.9 Å². The zero-order valence-corrected chi connectivity index (χ0v) is 13.9. The molecule has 2 amide bonds. The Bertz CT molecular complexity index is 373. The summed E-state index contributed by atoms with van der Waals surface area (Å²) in [4.78, 5) is 32.6. The number of ether oxygens (including phenoxy) is 1. The summed E-state index contributed by atoms with van der Waals surface area (Å²) in [6, 6.07) is -0.268. The molecule has 1 rings (SSSR count). The fraction of sp³-hybridized carbons (Fsp3) is 0.857. The predicted octanol–water partition coefficient (Wildman–Crippen LogP) is 0.947. The molecule has 1 saturated heterocycles. The van der Waals surface area contributed by atoms with Crippen LogP contribution in [-0.2, 0) is 14.4 Å². The quantitative estimate of drug-likeness (QED) is 0.726. The molecule has 1 fully saturated rings. The molecule has 122 valence electrons. The van der Waals surface area contributed by atoms with Gasteiger partial charge in [0.2, 0.25) is 0 Å². The van der Waals surface area contributed by atoms with Crippen molar-refractivity contribution in [3.05, 3.63) is 0 Å². The van der Waals surface area contributed by atoms with E-state index in [2.05, 4.69) is 0 Å². The van der Waals surface area contributed by atoms with Crippen LogP contribution in [0.2, 0.25) is 0 Å². The average molecular weight is 301 g/mol. The van der Waals surface area contributed by atoms with Crippen LogP contribution in [0.25, 0.3) is 0 Å². The number of carbonyl (C=O) groups excluding carboxylic acids is 2. The molecule has 0 radical (unpaired) electrons. The van der Waals surface area contributed by atoms with Gasteiger partial charge in [0.15, 0.2) is 0 Å². The number of nitrogens with zero attached hydrogens (tertiary/aromatic N) is 3. The molecule has 0 bridgehead atoms. The Hall–Kier alpha value is -1.34. The second kappa shape index (κ2) is 7.09. The van der Waals surface area contributed by atoms with E-state index in [4.69, 9.17) is 9.57 Å². The summed E-state index contributed by atoms with van der Waals surface area (Å²) in [5, 5.41) is 1.23. The van der Waals surface area contributed by atoms with Gasteiger partial charge < -0.3 is 9.64 Å². The Balaban J connectivity index is 2.48. The highest BCUT2D eigenvalue weighted by molar-refractivity contribution is 5.80. The van der Waals surface area contributed by atoms with Crippen molar-refractivity contribution >= 4 is 12.0 Å². The van der Waals surface area contributed by atoms with Gasteiger partial charge in [-0.2, -0.15) is 0 Å². The van der Waals surface area contributed by atoms with Crippen molar-refractivity contribution in [1.82, 2.24) is 14.9 Å². The van der Waals surface area contributed by atoms with E-state index >= 15 is 0 Å². The van der Waals surface area contributed by atoms with Gasteiger partial charge in [0.1, 0.15) is 5.60 Å². The molecule has 0 aromatic carbocycles. The van der Waals surface area contributed by atoms with E-state index in [1.807, 2.05) is 32.6 Å². The first-order valence-corrected chi connectivity index (χ1v) is 7.19. The SMILES string of the molecule is CON(C)C(=O)C(C)N1CCN(C(=O)OC(C)(C)C)CC1. The van der Waals surface area contributed by atoms with Crippen molar-refractivity contribution in [3.8, 4) is 0 Å². The van der Waals surface area contributed by atoms with Crippen LogP contribution in [0.5, 0.6) is 0 Å². The Morgan fingerprint density at radius 3 is 2.10 bits per heavy atom. The van der Waals surface area contributed by atoms with Crippen LogP contribution in [0.4, 0.5) is 4.79 Å². The van der Waals surface area contributed by atoms with Crippen LogP contribution < -0.4 is 0 Å². The largest absolute Gasteiger partial charge is 0.444 e. The average Bonchev–Trinajstić information content (AvgIpc) is 2.43. The van der Waals surface area contributed by atoms with Gasteiger partial charge in [-0.05, 0) is 27.7 Å². The van der Waals surface area contributed by atoms with E-state index in [9.17, 15) is 9.59 Å². The van der Waals surface area contributed by atoms with Gasteiger partial charge in [-0.25, -0.2) is 9.86 Å². The van der Waals surface area contributed by atoms with Crippen molar-refractivity contribution in [2.75, 3.05) is 40.3 Å². The third-order valence-electron chi connectivity index (χ3n) is 3.46. The highest BCUT2D eigenvalue weighted by Gasteiger charge is 2.30. The molecule has 7 nitrogen and oxygen atoms in total. The minimum absolute atomic E-state index is 0.0942. The normalized spacial score (nSPS) is 18.3. The highest BCUT2D eigenvalue weighted by atomic mass is 16.7. The lowest BCUT2D eigenvalue weighted by atomic mass is 10.2. The monoisotopic (exact) mass is 301 g/mol. The van der Waals surface area contributed by atoms with E-state index in [0.717, 1.165) is 0 Å². The molecule has 1 unspecified atom stereocenters. The van der Waals surface area contributed by atoms with Crippen molar-refractivity contribution in [1.29, 1.82) is 0 Å². The molecule has 1 heterocycles. The van der Waals surface area contributed by atoms with Crippen LogP contribution in [0.1, 0.15) is 27.7 Å². The van der Waals surface area contributed by atoms with Crippen molar-refractivity contribution in [3.63, 3.8) is 0 Å². The number of carbonyl (C=O) groups is 2. The van der Waals surface area contributed by atoms with Crippen LogP contribution in [0.3, 0.4) is 0 Å². The lowest BCUT2D eigenvalue weighted by Gasteiger charge is -2.38. The summed E-state index contributed by atoms with van der Waals surface area (Å²) >= 11 is 0. The summed E-state index contributed by atoms with van der Waals surface area (Å²) in [7, 11) is 3.06. The predicted molar refractivity (Wildman–Crippen MR) is 78.6 cm³/mol. The molecule has 7 heteroatoms. The van der Waals surface area contributed by atoms with E-state index in [-0.39, 0.29) is 18.0 Å². The number of hydrogen-bond acceptors (Lipinski definition) is 5. The molecule has 0 aromatic rings. The first-order valence-electron chi connectivity index (χ1n) is 7.19. The standard InChI is InChI=1S/C14H27N3O4/c1-11(12(18)15(5)20-6)16-7-9-17(10-8-16)13(19)21-14(2,3)4/h11H,7-10H2,1-6H3. The molecule has 1 aliphatic heterocycles. The summed E-state index contributed by atoms with van der Waals surface area (Å²) in [6.45, 7) is 9.80. The third-order valence-corrected chi connectivity index (χ3v) is 3.46. The van der Waals surface area contributed by atoms with Gasteiger partial charge in [0.25, 0.3) is 5.91 Å². The maximum absolute atomic E-state index is 12.0. The lowest BCUT2D eigenvalue weighted by Crippen LogP contribution is -2.55. The Morgan fingerprint density at radius 1 is 1.14 bits per heavy atom. The van der Waals surface area contributed by atoms with Gasteiger partial charge in [0, 0.05) is 33.2 Å². The number of amides is 2. The Kier molecular flexibility index (Phi) is 5.98. The van der Waals surface area contributed by atoms with Crippen LogP contribution >= 0.6 is 0 Å². The summed E-state index contributed by atoms with van der Waals surface area (Å²) in [5.74, 6) is -0.0942. The molecule has 1 atom stereocenters. The second-order valence-electron chi connectivity index (χ2n) is 6.20. The number of rotatable bonds is 3. The topological polar surface area (TPSA) is 62.3 Å². The van der Waals surface area contributed by atoms with Crippen LogP contribution in [0, 0.1) is 0 Å². The van der Waals surface area contributed by atoms with Crippen molar-refractivity contribution in [2.24, 2.45) is 0 Å². The molecule has 0 aromatic heterocycles. The van der Waals surface area contributed by atoms with E-state index < -0.39 is 5.60 Å². The molecule has 21 heavy (non-hydrogen) atoms. The zero-order chi connectivity index (χ0) is 16.2. The molecule has 0 N–H and O–H groups in total. The van der Waals surface area contributed by atoms with Crippen LogP contribution in [-0.4, -0.2) is 78.8 Å². The molecule has 0 aliphatic carbocycles. The number of piperazine rings is 1. The summed E-state index contributed by atoms with van der Waals surface area (Å²) in [5.41, 5.74) is -0.487. The summed E-state index contributed by atoms with van der Waals surface area (Å²) < 4.78 is 5.35. The van der Waals surface area contributed by atoms with Gasteiger partial charge in [-0.15, -0.1) is 0 Å². The zero-order valence-electron chi connectivity index (χ0n) is 13.9. The molecule has 1 aliphatic rings. The van der Waals surface area contributed by atoms with Gasteiger partial charge >= 0.3 is 6.09 Å². The van der Waals surface area contributed by atoms with Crippen molar-refractivity contribution < 1.29 is 19.2 Å². The molecular formula is C14H27N3O4. The van der Waals surface area contributed by atoms with E-state index in [1.165, 1.54) is 12.2 Å². The number of hydroxylamine groups is 2. The molecular weight excluding hydrogens is 274 g/mol. The fourth-order valence-electron chi connectivity index (χ4n) is 2.13. The fourth-order valence-corrected chi connectivity index (χ4v) is 2.13. The van der Waals surface area contributed by atoms with E-state index in [0.29, 0.717) is 26.2 Å². The van der Waals surface area contributed by atoms with Gasteiger partial charge in [-0.3, -0.25) is 14.5 Å². The lowest BCUT2D eigenvalue weighted by molar-refractivity contribution is -0.174.